The molecule has 0 N–H and O–H groups in total. The SMILES string of the molecule is CCCCOc1cc(OCC)cc(C(C)C)c1. The van der Waals surface area contributed by atoms with Gasteiger partial charge in [0, 0.05) is 6.07 Å². The Morgan fingerprint density at radius 3 is 2.18 bits per heavy atom. The standard InChI is InChI=1S/C15H24O2/c1-5-7-8-17-15-10-13(12(3)4)9-14(11-15)16-6-2/h9-12H,5-8H2,1-4H3. The van der Waals surface area contributed by atoms with Crippen LogP contribution in [0.1, 0.15) is 52.0 Å². The van der Waals surface area contributed by atoms with Crippen LogP contribution in [0.4, 0.5) is 0 Å². The van der Waals surface area contributed by atoms with E-state index in [0.29, 0.717) is 12.5 Å². The molecule has 0 fully saturated rings. The molecule has 2 heteroatoms. The van der Waals surface area contributed by atoms with Crippen LogP contribution in [-0.2, 0) is 0 Å². The van der Waals surface area contributed by atoms with E-state index in [1.807, 2.05) is 13.0 Å². The van der Waals surface area contributed by atoms with Crippen molar-refractivity contribution in [2.24, 2.45) is 0 Å². The Morgan fingerprint density at radius 2 is 1.65 bits per heavy atom. The Kier molecular flexibility index (Phi) is 5.88. The zero-order valence-electron chi connectivity index (χ0n) is 11.5. The average molecular weight is 236 g/mol. The van der Waals surface area contributed by atoms with Crippen molar-refractivity contribution in [3.05, 3.63) is 23.8 Å². The Balaban J connectivity index is 2.79. The van der Waals surface area contributed by atoms with Gasteiger partial charge in [-0.2, -0.15) is 0 Å². The molecule has 0 amide bonds. The molecular formula is C15H24O2. The second-order valence-corrected chi connectivity index (χ2v) is 4.53. The fraction of sp³-hybridized carbons (Fsp3) is 0.600. The summed E-state index contributed by atoms with van der Waals surface area (Å²) in [7, 11) is 0. The minimum Gasteiger partial charge on any atom is -0.494 e. The van der Waals surface area contributed by atoms with Gasteiger partial charge in [-0.05, 0) is 37.0 Å². The quantitative estimate of drug-likeness (QED) is 0.654. The third-order valence-corrected chi connectivity index (χ3v) is 2.65. The third kappa shape index (κ3) is 4.68. The van der Waals surface area contributed by atoms with Crippen LogP contribution in [0.25, 0.3) is 0 Å². The van der Waals surface area contributed by atoms with E-state index >= 15 is 0 Å². The molecule has 0 spiro atoms. The Bertz CT molecular complexity index is 332. The molecule has 17 heavy (non-hydrogen) atoms. The normalized spacial score (nSPS) is 10.6. The second-order valence-electron chi connectivity index (χ2n) is 4.53. The predicted octanol–water partition coefficient (Wildman–Crippen LogP) is 4.39. The molecule has 0 saturated carbocycles. The van der Waals surface area contributed by atoms with Gasteiger partial charge in [0.1, 0.15) is 11.5 Å². The van der Waals surface area contributed by atoms with Crippen LogP contribution in [-0.4, -0.2) is 13.2 Å². The van der Waals surface area contributed by atoms with Gasteiger partial charge < -0.3 is 9.47 Å². The van der Waals surface area contributed by atoms with Crippen LogP contribution in [0.15, 0.2) is 18.2 Å². The lowest BCUT2D eigenvalue weighted by molar-refractivity contribution is 0.302. The highest BCUT2D eigenvalue weighted by Crippen LogP contribution is 2.27. The van der Waals surface area contributed by atoms with Gasteiger partial charge in [-0.15, -0.1) is 0 Å². The van der Waals surface area contributed by atoms with Crippen molar-refractivity contribution < 1.29 is 9.47 Å². The van der Waals surface area contributed by atoms with Crippen molar-refractivity contribution in [1.29, 1.82) is 0 Å². The Hall–Kier alpha value is -1.18. The lowest BCUT2D eigenvalue weighted by Crippen LogP contribution is -2.00. The van der Waals surface area contributed by atoms with Gasteiger partial charge in [0.15, 0.2) is 0 Å². The van der Waals surface area contributed by atoms with Crippen LogP contribution in [0.2, 0.25) is 0 Å². The molecule has 2 nitrogen and oxygen atoms in total. The first-order valence-electron chi connectivity index (χ1n) is 6.58. The summed E-state index contributed by atoms with van der Waals surface area (Å²) in [6.45, 7) is 10.0. The highest BCUT2D eigenvalue weighted by atomic mass is 16.5. The van der Waals surface area contributed by atoms with Crippen LogP contribution >= 0.6 is 0 Å². The monoisotopic (exact) mass is 236 g/mol. The number of benzene rings is 1. The van der Waals surface area contributed by atoms with E-state index in [4.69, 9.17) is 9.47 Å². The summed E-state index contributed by atoms with van der Waals surface area (Å²) in [6, 6.07) is 6.19. The summed E-state index contributed by atoms with van der Waals surface area (Å²) in [6.07, 6.45) is 2.25. The summed E-state index contributed by atoms with van der Waals surface area (Å²) in [5.41, 5.74) is 1.27. The lowest BCUT2D eigenvalue weighted by atomic mass is 10.0. The van der Waals surface area contributed by atoms with Gasteiger partial charge in [-0.1, -0.05) is 27.2 Å². The van der Waals surface area contributed by atoms with E-state index in [9.17, 15) is 0 Å². The van der Waals surface area contributed by atoms with Crippen molar-refractivity contribution >= 4 is 0 Å². The zero-order chi connectivity index (χ0) is 12.7. The number of ether oxygens (including phenoxy) is 2. The highest BCUT2D eigenvalue weighted by Gasteiger charge is 2.06. The molecule has 1 aromatic rings. The molecule has 96 valence electrons. The van der Waals surface area contributed by atoms with Crippen molar-refractivity contribution in [2.75, 3.05) is 13.2 Å². The molecule has 0 bridgehead atoms. The topological polar surface area (TPSA) is 18.5 Å². The van der Waals surface area contributed by atoms with E-state index in [1.165, 1.54) is 5.56 Å². The number of unbranched alkanes of at least 4 members (excludes halogenated alkanes) is 1. The molecule has 0 radical (unpaired) electrons. The van der Waals surface area contributed by atoms with E-state index in [1.54, 1.807) is 0 Å². The average Bonchev–Trinajstić information content (AvgIpc) is 2.29. The number of rotatable bonds is 7. The molecule has 0 saturated heterocycles. The fourth-order valence-corrected chi connectivity index (χ4v) is 1.59. The van der Waals surface area contributed by atoms with Crippen LogP contribution in [0.5, 0.6) is 11.5 Å². The summed E-state index contributed by atoms with van der Waals surface area (Å²) < 4.78 is 11.3. The molecule has 0 aliphatic carbocycles. The smallest absolute Gasteiger partial charge is 0.123 e. The molecule has 0 heterocycles. The first-order valence-corrected chi connectivity index (χ1v) is 6.58. The minimum absolute atomic E-state index is 0.490. The largest absolute Gasteiger partial charge is 0.494 e. The van der Waals surface area contributed by atoms with Crippen LogP contribution in [0.3, 0.4) is 0 Å². The minimum atomic E-state index is 0.490. The summed E-state index contributed by atoms with van der Waals surface area (Å²) in [5.74, 6) is 2.32. The highest BCUT2D eigenvalue weighted by molar-refractivity contribution is 5.39. The van der Waals surface area contributed by atoms with Crippen LogP contribution < -0.4 is 9.47 Å². The van der Waals surface area contributed by atoms with E-state index in [2.05, 4.69) is 32.9 Å². The maximum absolute atomic E-state index is 5.74. The van der Waals surface area contributed by atoms with Gasteiger partial charge in [0.2, 0.25) is 0 Å². The fourth-order valence-electron chi connectivity index (χ4n) is 1.59. The first-order chi connectivity index (χ1) is 8.17. The van der Waals surface area contributed by atoms with Crippen LogP contribution in [0, 0.1) is 0 Å². The summed E-state index contributed by atoms with van der Waals surface area (Å²) in [4.78, 5) is 0. The number of hydrogen-bond acceptors (Lipinski definition) is 2. The van der Waals surface area contributed by atoms with Gasteiger partial charge in [-0.25, -0.2) is 0 Å². The summed E-state index contributed by atoms with van der Waals surface area (Å²) in [5, 5.41) is 0. The predicted molar refractivity (Wildman–Crippen MR) is 72.1 cm³/mol. The van der Waals surface area contributed by atoms with Gasteiger partial charge in [0.05, 0.1) is 13.2 Å². The van der Waals surface area contributed by atoms with E-state index in [0.717, 1.165) is 30.9 Å². The maximum atomic E-state index is 5.74. The van der Waals surface area contributed by atoms with Crippen molar-refractivity contribution in [2.45, 2.75) is 46.5 Å². The molecule has 1 aromatic carbocycles. The molecule has 0 aliphatic heterocycles. The molecular weight excluding hydrogens is 212 g/mol. The molecule has 0 aliphatic rings. The third-order valence-electron chi connectivity index (χ3n) is 2.65. The van der Waals surface area contributed by atoms with Gasteiger partial charge in [0.25, 0.3) is 0 Å². The molecule has 0 aromatic heterocycles. The van der Waals surface area contributed by atoms with Crippen molar-refractivity contribution in [3.8, 4) is 11.5 Å². The Labute approximate surface area is 105 Å². The molecule has 0 unspecified atom stereocenters. The van der Waals surface area contributed by atoms with Crippen molar-refractivity contribution in [1.82, 2.24) is 0 Å². The second kappa shape index (κ2) is 7.21. The maximum Gasteiger partial charge on any atom is 0.123 e. The Morgan fingerprint density at radius 1 is 1.00 bits per heavy atom. The number of hydrogen-bond donors (Lipinski definition) is 0. The molecule has 0 atom stereocenters. The first kappa shape index (κ1) is 13.9. The van der Waals surface area contributed by atoms with E-state index < -0.39 is 0 Å². The van der Waals surface area contributed by atoms with Gasteiger partial charge >= 0.3 is 0 Å². The summed E-state index contributed by atoms with van der Waals surface area (Å²) >= 11 is 0. The molecule has 1 rings (SSSR count). The van der Waals surface area contributed by atoms with E-state index in [-0.39, 0.29) is 0 Å². The lowest BCUT2D eigenvalue weighted by Gasteiger charge is -2.13. The van der Waals surface area contributed by atoms with Gasteiger partial charge in [-0.3, -0.25) is 0 Å². The van der Waals surface area contributed by atoms with Crippen molar-refractivity contribution in [3.63, 3.8) is 0 Å². The zero-order valence-corrected chi connectivity index (χ0v) is 11.5.